The molecule has 0 saturated heterocycles. The Morgan fingerprint density at radius 2 is 2.00 bits per heavy atom. The molecule has 2 nitrogen and oxygen atoms in total. The quantitative estimate of drug-likeness (QED) is 0.824. The standard InChI is InChI=1S/C17H27ClN2/c1-4-20(15-7-5-6-8-15)17-10-9-14(11-16(17)18)12-19-13(2)3/h9-11,13,15,19H,4-8,12H2,1-3H3. The van der Waals surface area contributed by atoms with Gasteiger partial charge in [0.2, 0.25) is 0 Å². The van der Waals surface area contributed by atoms with Crippen molar-refractivity contribution in [1.29, 1.82) is 0 Å². The summed E-state index contributed by atoms with van der Waals surface area (Å²) in [5.74, 6) is 0. The van der Waals surface area contributed by atoms with Crippen molar-refractivity contribution in [2.45, 2.75) is 65.1 Å². The normalized spacial score (nSPS) is 16.1. The van der Waals surface area contributed by atoms with E-state index in [-0.39, 0.29) is 0 Å². The number of anilines is 1. The van der Waals surface area contributed by atoms with Crippen LogP contribution in [0.5, 0.6) is 0 Å². The van der Waals surface area contributed by atoms with Gasteiger partial charge < -0.3 is 10.2 Å². The highest BCUT2D eigenvalue weighted by atomic mass is 35.5. The zero-order chi connectivity index (χ0) is 14.5. The average Bonchev–Trinajstić information content (AvgIpc) is 2.93. The SMILES string of the molecule is CCN(c1ccc(CNC(C)C)cc1Cl)C1CCCC1. The maximum Gasteiger partial charge on any atom is 0.0642 e. The topological polar surface area (TPSA) is 15.3 Å². The molecule has 0 heterocycles. The van der Waals surface area contributed by atoms with Crippen LogP contribution in [0.3, 0.4) is 0 Å². The van der Waals surface area contributed by atoms with Gasteiger partial charge >= 0.3 is 0 Å². The van der Waals surface area contributed by atoms with Crippen molar-refractivity contribution in [2.24, 2.45) is 0 Å². The number of hydrogen-bond donors (Lipinski definition) is 1. The maximum atomic E-state index is 6.53. The van der Waals surface area contributed by atoms with E-state index in [1.165, 1.54) is 36.9 Å². The van der Waals surface area contributed by atoms with E-state index in [0.29, 0.717) is 12.1 Å². The molecule has 1 aliphatic carbocycles. The molecule has 0 aromatic heterocycles. The molecule has 0 unspecified atom stereocenters. The minimum absolute atomic E-state index is 0.499. The zero-order valence-corrected chi connectivity index (χ0v) is 13.7. The van der Waals surface area contributed by atoms with Crippen LogP contribution in [-0.4, -0.2) is 18.6 Å². The van der Waals surface area contributed by atoms with Gasteiger partial charge in [-0.1, -0.05) is 44.4 Å². The van der Waals surface area contributed by atoms with E-state index in [1.54, 1.807) is 0 Å². The third-order valence-electron chi connectivity index (χ3n) is 4.14. The van der Waals surface area contributed by atoms with Gasteiger partial charge in [0.25, 0.3) is 0 Å². The van der Waals surface area contributed by atoms with Gasteiger partial charge in [-0.15, -0.1) is 0 Å². The van der Waals surface area contributed by atoms with Crippen molar-refractivity contribution < 1.29 is 0 Å². The van der Waals surface area contributed by atoms with E-state index < -0.39 is 0 Å². The Morgan fingerprint density at radius 3 is 2.55 bits per heavy atom. The van der Waals surface area contributed by atoms with Crippen molar-refractivity contribution >= 4 is 17.3 Å². The Balaban J connectivity index is 2.10. The monoisotopic (exact) mass is 294 g/mol. The minimum atomic E-state index is 0.499. The highest BCUT2D eigenvalue weighted by Gasteiger charge is 2.23. The first-order valence-electron chi connectivity index (χ1n) is 7.90. The highest BCUT2D eigenvalue weighted by molar-refractivity contribution is 6.33. The second kappa shape index (κ2) is 7.33. The summed E-state index contributed by atoms with van der Waals surface area (Å²) in [7, 11) is 0. The van der Waals surface area contributed by atoms with Crippen LogP contribution in [0.15, 0.2) is 18.2 Å². The second-order valence-corrected chi connectivity index (χ2v) is 6.45. The van der Waals surface area contributed by atoms with Crippen LogP contribution < -0.4 is 10.2 Å². The summed E-state index contributed by atoms with van der Waals surface area (Å²) in [5.41, 5.74) is 2.46. The summed E-state index contributed by atoms with van der Waals surface area (Å²) in [6.45, 7) is 8.47. The van der Waals surface area contributed by atoms with Crippen molar-refractivity contribution in [3.8, 4) is 0 Å². The summed E-state index contributed by atoms with van der Waals surface area (Å²) in [5, 5.41) is 4.33. The number of benzene rings is 1. The summed E-state index contributed by atoms with van der Waals surface area (Å²) < 4.78 is 0. The van der Waals surface area contributed by atoms with Gasteiger partial charge in [-0.2, -0.15) is 0 Å². The van der Waals surface area contributed by atoms with Crippen molar-refractivity contribution in [2.75, 3.05) is 11.4 Å². The van der Waals surface area contributed by atoms with E-state index in [0.717, 1.165) is 18.1 Å². The van der Waals surface area contributed by atoms with E-state index in [2.05, 4.69) is 49.2 Å². The number of hydrogen-bond acceptors (Lipinski definition) is 2. The van der Waals surface area contributed by atoms with E-state index in [1.807, 2.05) is 0 Å². The van der Waals surface area contributed by atoms with E-state index >= 15 is 0 Å². The van der Waals surface area contributed by atoms with Gasteiger partial charge in [-0.3, -0.25) is 0 Å². The molecule has 2 rings (SSSR count). The molecule has 1 aromatic rings. The summed E-state index contributed by atoms with van der Waals surface area (Å²) in [6, 6.07) is 7.69. The third-order valence-corrected chi connectivity index (χ3v) is 4.44. The number of nitrogens with zero attached hydrogens (tertiary/aromatic N) is 1. The maximum absolute atomic E-state index is 6.53. The number of nitrogens with one attached hydrogen (secondary N) is 1. The third kappa shape index (κ3) is 3.89. The lowest BCUT2D eigenvalue weighted by Crippen LogP contribution is -2.33. The Bertz CT molecular complexity index is 425. The summed E-state index contributed by atoms with van der Waals surface area (Å²) in [4.78, 5) is 2.48. The van der Waals surface area contributed by atoms with Crippen LogP contribution in [0, 0.1) is 0 Å². The average molecular weight is 295 g/mol. The van der Waals surface area contributed by atoms with Gasteiger partial charge in [0.05, 0.1) is 10.7 Å². The smallest absolute Gasteiger partial charge is 0.0642 e. The van der Waals surface area contributed by atoms with Crippen LogP contribution in [0.25, 0.3) is 0 Å². The Morgan fingerprint density at radius 1 is 1.30 bits per heavy atom. The van der Waals surface area contributed by atoms with Gasteiger partial charge in [-0.05, 0) is 37.5 Å². The molecule has 1 saturated carbocycles. The fourth-order valence-electron chi connectivity index (χ4n) is 3.06. The Kier molecular flexibility index (Phi) is 5.74. The predicted octanol–water partition coefficient (Wildman–Crippen LogP) is 4.61. The van der Waals surface area contributed by atoms with Crippen LogP contribution >= 0.6 is 11.6 Å². The molecule has 0 amide bonds. The molecule has 1 N–H and O–H groups in total. The fourth-order valence-corrected chi connectivity index (χ4v) is 3.37. The largest absolute Gasteiger partial charge is 0.368 e. The molecule has 1 aromatic carbocycles. The lowest BCUT2D eigenvalue weighted by Gasteiger charge is -2.31. The highest BCUT2D eigenvalue weighted by Crippen LogP contribution is 2.33. The zero-order valence-electron chi connectivity index (χ0n) is 13.0. The van der Waals surface area contributed by atoms with Gasteiger partial charge in [-0.25, -0.2) is 0 Å². The molecular weight excluding hydrogens is 268 g/mol. The molecule has 3 heteroatoms. The van der Waals surface area contributed by atoms with Gasteiger partial charge in [0.15, 0.2) is 0 Å². The first kappa shape index (κ1) is 15.7. The molecule has 1 aliphatic rings. The van der Waals surface area contributed by atoms with Crippen LogP contribution in [0.4, 0.5) is 5.69 Å². The lowest BCUT2D eigenvalue weighted by atomic mass is 10.1. The van der Waals surface area contributed by atoms with Crippen molar-refractivity contribution in [1.82, 2.24) is 5.32 Å². The number of halogens is 1. The predicted molar refractivity (Wildman–Crippen MR) is 88.7 cm³/mol. The second-order valence-electron chi connectivity index (χ2n) is 6.05. The molecule has 112 valence electrons. The van der Waals surface area contributed by atoms with Crippen LogP contribution in [-0.2, 0) is 6.54 Å². The summed E-state index contributed by atoms with van der Waals surface area (Å²) in [6.07, 6.45) is 5.33. The number of rotatable bonds is 6. The Labute approximate surface area is 128 Å². The van der Waals surface area contributed by atoms with E-state index in [4.69, 9.17) is 11.6 Å². The minimum Gasteiger partial charge on any atom is -0.368 e. The molecule has 1 fully saturated rings. The lowest BCUT2D eigenvalue weighted by molar-refractivity contribution is 0.588. The molecule has 0 spiro atoms. The van der Waals surface area contributed by atoms with Crippen LogP contribution in [0.1, 0.15) is 52.0 Å². The molecule has 0 bridgehead atoms. The fraction of sp³-hybridized carbons (Fsp3) is 0.647. The van der Waals surface area contributed by atoms with Crippen molar-refractivity contribution in [3.05, 3.63) is 28.8 Å². The molecule has 20 heavy (non-hydrogen) atoms. The van der Waals surface area contributed by atoms with Gasteiger partial charge in [0, 0.05) is 25.2 Å². The Hall–Kier alpha value is -0.730. The molecule has 0 aliphatic heterocycles. The molecule has 0 atom stereocenters. The summed E-state index contributed by atoms with van der Waals surface area (Å²) >= 11 is 6.53. The van der Waals surface area contributed by atoms with Crippen molar-refractivity contribution in [3.63, 3.8) is 0 Å². The van der Waals surface area contributed by atoms with Gasteiger partial charge in [0.1, 0.15) is 0 Å². The molecule has 0 radical (unpaired) electrons. The first-order chi connectivity index (χ1) is 9.61. The van der Waals surface area contributed by atoms with E-state index in [9.17, 15) is 0 Å². The molecular formula is C17H27ClN2. The first-order valence-corrected chi connectivity index (χ1v) is 8.28. The van der Waals surface area contributed by atoms with Crippen LogP contribution in [0.2, 0.25) is 5.02 Å².